The maximum absolute atomic E-state index is 6.04. The Morgan fingerprint density at radius 2 is 2.24 bits per heavy atom. The second-order valence-corrected chi connectivity index (χ2v) is 6.13. The molecule has 1 atom stereocenters. The van der Waals surface area contributed by atoms with Gasteiger partial charge in [-0.05, 0) is 42.7 Å². The average Bonchev–Trinajstić information content (AvgIpc) is 2.72. The predicted octanol–water partition coefficient (Wildman–Crippen LogP) is 4.10. The summed E-state index contributed by atoms with van der Waals surface area (Å²) < 4.78 is 0. The number of thiophene rings is 1. The van der Waals surface area contributed by atoms with Crippen LogP contribution < -0.4 is 5.32 Å². The van der Waals surface area contributed by atoms with Gasteiger partial charge in [0, 0.05) is 27.4 Å². The summed E-state index contributed by atoms with van der Waals surface area (Å²) in [5.74, 6) is 0. The summed E-state index contributed by atoms with van der Waals surface area (Å²) in [4.78, 5) is 2.80. The van der Waals surface area contributed by atoms with E-state index in [0.29, 0.717) is 6.04 Å². The number of rotatable bonds is 1. The highest BCUT2D eigenvalue weighted by Gasteiger charge is 2.17. The van der Waals surface area contributed by atoms with Crippen molar-refractivity contribution in [2.45, 2.75) is 25.9 Å². The molecule has 0 aliphatic carbocycles. The molecule has 2 heterocycles. The number of hydrogen-bond acceptors (Lipinski definition) is 2. The fourth-order valence-corrected chi connectivity index (χ4v) is 3.57. The summed E-state index contributed by atoms with van der Waals surface area (Å²) in [6, 6.07) is 11.0. The standard InChI is InChI=1S/C14H14ClNS/c1-9-5-11-7-13(17-14(11)8-16-9)10-3-2-4-12(15)6-10/h2-4,6-7,9,16H,5,8H2,1H3. The minimum Gasteiger partial charge on any atom is -0.309 e. The van der Waals surface area contributed by atoms with Gasteiger partial charge in [-0.1, -0.05) is 23.7 Å². The third-order valence-electron chi connectivity index (χ3n) is 3.14. The molecule has 0 amide bonds. The maximum Gasteiger partial charge on any atom is 0.0412 e. The smallest absolute Gasteiger partial charge is 0.0412 e. The lowest BCUT2D eigenvalue weighted by atomic mass is 10.0. The first-order chi connectivity index (χ1) is 8.22. The molecular formula is C14H14ClNS. The summed E-state index contributed by atoms with van der Waals surface area (Å²) >= 11 is 7.91. The quantitative estimate of drug-likeness (QED) is 0.817. The van der Waals surface area contributed by atoms with E-state index >= 15 is 0 Å². The van der Waals surface area contributed by atoms with Crippen LogP contribution in [0.1, 0.15) is 17.4 Å². The van der Waals surface area contributed by atoms with Crippen molar-refractivity contribution in [2.75, 3.05) is 0 Å². The predicted molar refractivity (Wildman–Crippen MR) is 74.8 cm³/mol. The van der Waals surface area contributed by atoms with Crippen molar-refractivity contribution in [3.63, 3.8) is 0 Å². The zero-order valence-corrected chi connectivity index (χ0v) is 11.2. The van der Waals surface area contributed by atoms with Gasteiger partial charge in [0.2, 0.25) is 0 Å². The van der Waals surface area contributed by atoms with Gasteiger partial charge in [-0.2, -0.15) is 0 Å². The Balaban J connectivity index is 2.00. The van der Waals surface area contributed by atoms with Crippen LogP contribution in [0.4, 0.5) is 0 Å². The zero-order chi connectivity index (χ0) is 11.8. The van der Waals surface area contributed by atoms with E-state index in [-0.39, 0.29) is 0 Å². The molecule has 17 heavy (non-hydrogen) atoms. The molecule has 0 spiro atoms. The molecule has 0 fully saturated rings. The average molecular weight is 264 g/mol. The molecule has 1 nitrogen and oxygen atoms in total. The van der Waals surface area contributed by atoms with E-state index in [4.69, 9.17) is 11.6 Å². The molecular weight excluding hydrogens is 250 g/mol. The Labute approximate surface area is 110 Å². The zero-order valence-electron chi connectivity index (χ0n) is 9.66. The molecule has 1 aliphatic heterocycles. The first kappa shape index (κ1) is 11.3. The molecule has 3 heteroatoms. The van der Waals surface area contributed by atoms with Crippen molar-refractivity contribution in [1.29, 1.82) is 0 Å². The lowest BCUT2D eigenvalue weighted by Crippen LogP contribution is -2.31. The van der Waals surface area contributed by atoms with Crippen LogP contribution >= 0.6 is 22.9 Å². The number of halogens is 1. The number of nitrogens with one attached hydrogen (secondary N) is 1. The molecule has 1 aromatic carbocycles. The van der Waals surface area contributed by atoms with Crippen molar-refractivity contribution in [3.8, 4) is 10.4 Å². The van der Waals surface area contributed by atoms with Crippen molar-refractivity contribution in [1.82, 2.24) is 5.32 Å². The van der Waals surface area contributed by atoms with E-state index in [1.807, 2.05) is 29.5 Å². The molecule has 3 rings (SSSR count). The second kappa shape index (κ2) is 4.45. The first-order valence-corrected chi connectivity index (χ1v) is 7.03. The Morgan fingerprint density at radius 3 is 3.06 bits per heavy atom. The SMILES string of the molecule is CC1Cc2cc(-c3cccc(Cl)c3)sc2CN1. The second-order valence-electron chi connectivity index (χ2n) is 4.56. The van der Waals surface area contributed by atoms with Gasteiger partial charge in [0.1, 0.15) is 0 Å². The summed E-state index contributed by atoms with van der Waals surface area (Å²) in [6.45, 7) is 3.24. The van der Waals surface area contributed by atoms with Crippen LogP contribution in [0.3, 0.4) is 0 Å². The Kier molecular flexibility index (Phi) is 2.95. The highest BCUT2D eigenvalue weighted by Crippen LogP contribution is 2.34. The van der Waals surface area contributed by atoms with Gasteiger partial charge >= 0.3 is 0 Å². The lowest BCUT2D eigenvalue weighted by Gasteiger charge is -2.19. The number of fused-ring (bicyclic) bond motifs is 1. The molecule has 0 radical (unpaired) electrons. The third kappa shape index (κ3) is 2.25. The highest BCUT2D eigenvalue weighted by molar-refractivity contribution is 7.15. The largest absolute Gasteiger partial charge is 0.309 e. The van der Waals surface area contributed by atoms with Gasteiger partial charge in [0.15, 0.2) is 0 Å². The monoisotopic (exact) mass is 263 g/mol. The van der Waals surface area contributed by atoms with Crippen LogP contribution in [-0.4, -0.2) is 6.04 Å². The Hall–Kier alpha value is -0.830. The molecule has 1 aliphatic rings. The summed E-state index contributed by atoms with van der Waals surface area (Å²) in [5, 5.41) is 4.30. The van der Waals surface area contributed by atoms with Crippen LogP contribution in [0.2, 0.25) is 5.02 Å². The van der Waals surface area contributed by atoms with Crippen LogP contribution in [0.15, 0.2) is 30.3 Å². The van der Waals surface area contributed by atoms with E-state index in [1.54, 1.807) is 0 Å². The fourth-order valence-electron chi connectivity index (χ4n) is 2.24. The van der Waals surface area contributed by atoms with Gasteiger partial charge in [0.25, 0.3) is 0 Å². The molecule has 0 saturated carbocycles. The van der Waals surface area contributed by atoms with Crippen LogP contribution in [0, 0.1) is 0 Å². The minimum atomic E-state index is 0.587. The van der Waals surface area contributed by atoms with Gasteiger partial charge in [-0.15, -0.1) is 11.3 Å². The van der Waals surface area contributed by atoms with Gasteiger partial charge in [0.05, 0.1) is 0 Å². The highest BCUT2D eigenvalue weighted by atomic mass is 35.5. The third-order valence-corrected chi connectivity index (χ3v) is 4.60. The normalized spacial score (nSPS) is 19.1. The topological polar surface area (TPSA) is 12.0 Å². The minimum absolute atomic E-state index is 0.587. The van der Waals surface area contributed by atoms with Crippen molar-refractivity contribution < 1.29 is 0 Å². The van der Waals surface area contributed by atoms with Crippen molar-refractivity contribution >= 4 is 22.9 Å². The van der Waals surface area contributed by atoms with E-state index in [9.17, 15) is 0 Å². The molecule has 0 saturated heterocycles. The Bertz CT molecular complexity index is 547. The summed E-state index contributed by atoms with van der Waals surface area (Å²) in [6.07, 6.45) is 1.13. The summed E-state index contributed by atoms with van der Waals surface area (Å²) in [7, 11) is 0. The molecule has 1 unspecified atom stereocenters. The molecule has 88 valence electrons. The van der Waals surface area contributed by atoms with Gasteiger partial charge in [-0.3, -0.25) is 0 Å². The molecule has 0 bridgehead atoms. The lowest BCUT2D eigenvalue weighted by molar-refractivity contribution is 0.520. The maximum atomic E-state index is 6.04. The number of benzene rings is 1. The van der Waals surface area contributed by atoms with Gasteiger partial charge in [-0.25, -0.2) is 0 Å². The first-order valence-electron chi connectivity index (χ1n) is 5.83. The fraction of sp³-hybridized carbons (Fsp3) is 0.286. The van der Waals surface area contributed by atoms with E-state index in [1.165, 1.54) is 20.9 Å². The molecule has 1 aromatic heterocycles. The van der Waals surface area contributed by atoms with Crippen LogP contribution in [-0.2, 0) is 13.0 Å². The Morgan fingerprint density at radius 1 is 1.35 bits per heavy atom. The summed E-state index contributed by atoms with van der Waals surface area (Å²) in [5.41, 5.74) is 2.72. The van der Waals surface area contributed by atoms with E-state index in [0.717, 1.165) is 18.0 Å². The molecule has 2 aromatic rings. The van der Waals surface area contributed by atoms with Crippen molar-refractivity contribution in [2.24, 2.45) is 0 Å². The van der Waals surface area contributed by atoms with E-state index < -0.39 is 0 Å². The number of hydrogen-bond donors (Lipinski definition) is 1. The van der Waals surface area contributed by atoms with E-state index in [2.05, 4.69) is 24.4 Å². The van der Waals surface area contributed by atoms with Crippen molar-refractivity contribution in [3.05, 3.63) is 45.8 Å². The van der Waals surface area contributed by atoms with Crippen LogP contribution in [0.5, 0.6) is 0 Å². The molecule has 1 N–H and O–H groups in total. The van der Waals surface area contributed by atoms with Crippen LogP contribution in [0.25, 0.3) is 10.4 Å². The van der Waals surface area contributed by atoms with Gasteiger partial charge < -0.3 is 5.32 Å².